The van der Waals surface area contributed by atoms with Crippen molar-refractivity contribution in [2.45, 2.75) is 133 Å². The number of esters is 3. The Balaban J connectivity index is 1.71. The molecule has 4 aromatic carbocycles. The number of ether oxygens (including phenoxy) is 3. The van der Waals surface area contributed by atoms with Crippen molar-refractivity contribution in [3.63, 3.8) is 0 Å². The van der Waals surface area contributed by atoms with E-state index in [1.807, 2.05) is 62.4 Å². The number of rotatable bonds is 17. The highest BCUT2D eigenvalue weighted by Gasteiger charge is 2.34. The molecule has 9 nitrogen and oxygen atoms in total. The van der Waals surface area contributed by atoms with Crippen molar-refractivity contribution in [1.82, 2.24) is 0 Å². The zero-order valence-corrected chi connectivity index (χ0v) is 37.7. The second-order valence-electron chi connectivity index (χ2n) is 18.0. The monoisotopic (exact) mass is 806 g/mol. The number of carbonyl (C=O) groups excluding carboxylic acids is 3. The molecule has 4 rings (SSSR count). The van der Waals surface area contributed by atoms with Crippen molar-refractivity contribution in [3.8, 4) is 23.0 Å². The Morgan fingerprint density at radius 1 is 0.644 bits per heavy atom. The van der Waals surface area contributed by atoms with Crippen molar-refractivity contribution in [1.29, 1.82) is 0 Å². The molecule has 0 saturated heterocycles. The molecule has 0 radical (unpaired) electrons. The molecule has 4 aromatic rings. The molecule has 0 atom stereocenters. The third-order valence-electron chi connectivity index (χ3n) is 10.5. The first-order valence-corrected chi connectivity index (χ1v) is 20.7. The Labute approximate surface area is 350 Å². The largest absolute Gasteiger partial charge is 0.426 e. The van der Waals surface area contributed by atoms with E-state index in [9.17, 15) is 19.3 Å². The van der Waals surface area contributed by atoms with E-state index in [0.29, 0.717) is 84.4 Å². The van der Waals surface area contributed by atoms with Crippen LogP contribution >= 0.6 is 0 Å². The van der Waals surface area contributed by atoms with Gasteiger partial charge in [0.2, 0.25) is 17.7 Å². The van der Waals surface area contributed by atoms with Crippen LogP contribution < -0.4 is 19.0 Å². The summed E-state index contributed by atoms with van der Waals surface area (Å²) in [4.78, 5) is 58.6. The van der Waals surface area contributed by atoms with Crippen molar-refractivity contribution in [2.24, 2.45) is 11.8 Å². The lowest BCUT2D eigenvalue weighted by molar-refractivity contribution is -0.740. The average molecular weight is 807 g/mol. The molecular weight excluding hydrogens is 743 g/mol. The molecule has 0 aliphatic rings. The van der Waals surface area contributed by atoms with Crippen LogP contribution in [-0.4, -0.2) is 29.9 Å². The SMILES string of the molecule is CC(=O)Oc1c(C(C)(C)C/C=C(\C)CC(C)C)c(C)c(OC(=O)CCC(=O)Oc2c(C)c(C(C)(C)/C=C(\C)CC(C)C)c(O[N+](C)=O)c3ccccc23)c2ccccc12. The number of hydrogen-bond donors (Lipinski definition) is 0. The van der Waals surface area contributed by atoms with Gasteiger partial charge in [0.15, 0.2) is 0 Å². The number of hydrogen-bond acceptors (Lipinski definition) is 8. The van der Waals surface area contributed by atoms with Gasteiger partial charge < -0.3 is 14.2 Å². The fourth-order valence-electron chi connectivity index (χ4n) is 8.51. The van der Waals surface area contributed by atoms with E-state index in [-0.39, 0.29) is 12.8 Å². The lowest BCUT2D eigenvalue weighted by atomic mass is 9.76. The van der Waals surface area contributed by atoms with E-state index >= 15 is 0 Å². The first kappa shape index (κ1) is 46.4. The molecule has 0 N–H and O–H groups in total. The molecule has 0 amide bonds. The fraction of sp³-hybridized carbons (Fsp3) is 0.460. The summed E-state index contributed by atoms with van der Waals surface area (Å²) < 4.78 is 18.2. The highest BCUT2D eigenvalue weighted by atomic mass is 16.8. The molecule has 0 heterocycles. The Bertz CT molecular complexity index is 2310. The van der Waals surface area contributed by atoms with E-state index in [1.54, 1.807) is 0 Å². The minimum atomic E-state index is -0.619. The van der Waals surface area contributed by atoms with Crippen LogP contribution in [0.4, 0.5) is 0 Å². The molecule has 0 saturated carbocycles. The third kappa shape index (κ3) is 11.5. The second-order valence-corrected chi connectivity index (χ2v) is 18.0. The summed E-state index contributed by atoms with van der Waals surface area (Å²) in [7, 11) is 1.29. The second kappa shape index (κ2) is 19.2. The van der Waals surface area contributed by atoms with Crippen molar-refractivity contribution in [2.75, 3.05) is 7.05 Å². The molecular formula is C50H64NO8+. The van der Waals surface area contributed by atoms with E-state index in [1.165, 1.54) is 25.1 Å². The highest BCUT2D eigenvalue weighted by molar-refractivity contribution is 6.00. The summed E-state index contributed by atoms with van der Waals surface area (Å²) in [6.07, 6.45) is 6.43. The molecule has 0 aliphatic heterocycles. The normalized spacial score (nSPS) is 12.7. The molecule has 0 fully saturated rings. The van der Waals surface area contributed by atoms with Crippen LogP contribution in [0.3, 0.4) is 0 Å². The van der Waals surface area contributed by atoms with Gasteiger partial charge >= 0.3 is 17.9 Å². The average Bonchev–Trinajstić information content (AvgIpc) is 3.11. The summed E-state index contributed by atoms with van der Waals surface area (Å²) in [5, 5.41) is 2.47. The summed E-state index contributed by atoms with van der Waals surface area (Å²) in [5.74, 6) is 0.835. The van der Waals surface area contributed by atoms with Crippen LogP contribution in [-0.2, 0) is 25.2 Å². The lowest BCUT2D eigenvalue weighted by Crippen LogP contribution is -2.22. The minimum absolute atomic E-state index is 0.247. The summed E-state index contributed by atoms with van der Waals surface area (Å²) in [6, 6.07) is 14.7. The number of nitrogens with zero attached hydrogens (tertiary/aromatic N) is 1. The van der Waals surface area contributed by atoms with Crippen LogP contribution in [0.5, 0.6) is 23.0 Å². The maximum absolute atomic E-state index is 13.7. The third-order valence-corrected chi connectivity index (χ3v) is 10.5. The number of carbonyl (C=O) groups is 3. The first-order chi connectivity index (χ1) is 27.5. The fourth-order valence-corrected chi connectivity index (χ4v) is 8.51. The highest BCUT2D eigenvalue weighted by Crippen LogP contribution is 2.49. The number of fused-ring (bicyclic) bond motifs is 2. The van der Waals surface area contributed by atoms with Crippen molar-refractivity contribution in [3.05, 3.63) is 99.0 Å². The van der Waals surface area contributed by atoms with Crippen molar-refractivity contribution < 1.29 is 38.4 Å². The van der Waals surface area contributed by atoms with Gasteiger partial charge in [-0.2, -0.15) is 4.84 Å². The smallest absolute Gasteiger partial charge is 0.311 e. The Kier molecular flexibility index (Phi) is 15.1. The van der Waals surface area contributed by atoms with Gasteiger partial charge in [0.25, 0.3) is 0 Å². The molecule has 316 valence electrons. The number of allylic oxidation sites excluding steroid dienone is 4. The lowest BCUT2D eigenvalue weighted by Gasteiger charge is -2.30. The number of benzene rings is 4. The van der Waals surface area contributed by atoms with Crippen LogP contribution in [0.15, 0.2) is 71.8 Å². The molecule has 9 heteroatoms. The Morgan fingerprint density at radius 2 is 1.07 bits per heavy atom. The van der Waals surface area contributed by atoms with Gasteiger partial charge in [-0.25, -0.2) is 0 Å². The van der Waals surface area contributed by atoms with Gasteiger partial charge in [-0.15, -0.1) is 0 Å². The molecule has 59 heavy (non-hydrogen) atoms. The van der Waals surface area contributed by atoms with Crippen LogP contribution in [0.1, 0.15) is 131 Å². The zero-order valence-electron chi connectivity index (χ0n) is 37.7. The summed E-state index contributed by atoms with van der Waals surface area (Å²) in [6.45, 7) is 26.3. The molecule has 0 spiro atoms. The van der Waals surface area contributed by atoms with Crippen molar-refractivity contribution >= 4 is 39.5 Å². The van der Waals surface area contributed by atoms with Gasteiger partial charge in [-0.05, 0) is 69.8 Å². The molecule has 0 aliphatic carbocycles. The van der Waals surface area contributed by atoms with E-state index in [4.69, 9.17) is 19.0 Å². The maximum atomic E-state index is 13.7. The summed E-state index contributed by atoms with van der Waals surface area (Å²) >= 11 is 0. The van der Waals surface area contributed by atoms with Crippen LogP contribution in [0.2, 0.25) is 0 Å². The first-order valence-electron chi connectivity index (χ1n) is 20.7. The van der Waals surface area contributed by atoms with Gasteiger partial charge in [0.05, 0.1) is 17.7 Å². The van der Waals surface area contributed by atoms with Crippen LogP contribution in [0.25, 0.3) is 21.5 Å². The van der Waals surface area contributed by atoms with Crippen LogP contribution in [0, 0.1) is 30.6 Å². The van der Waals surface area contributed by atoms with E-state index in [0.717, 1.165) is 18.4 Å². The maximum Gasteiger partial charge on any atom is 0.311 e. The van der Waals surface area contributed by atoms with E-state index < -0.39 is 28.7 Å². The molecule has 0 aromatic heterocycles. The standard InChI is InChI=1S/C50H64NO8/c1-30(2)27-32(5)25-26-49(10,11)43-34(7)45(37-19-15-17-21-39(37)47(43)56-36(9)52)57-41(53)23-24-42(54)58-46-35(8)44(50(12,13)29-33(6)28-31(3)4)48(59-51(14)55)40-22-18-16-20-38(40)46/h15-22,25,29-31H,23-24,26-28H2,1-14H3/q+1/b32-25+,33-29+. The van der Waals surface area contributed by atoms with Gasteiger partial charge in [0, 0.05) is 50.6 Å². The predicted molar refractivity (Wildman–Crippen MR) is 236 cm³/mol. The summed E-state index contributed by atoms with van der Waals surface area (Å²) in [5.41, 5.74) is 4.14. The molecule has 0 unspecified atom stereocenters. The van der Waals surface area contributed by atoms with Gasteiger partial charge in [0.1, 0.15) is 17.2 Å². The van der Waals surface area contributed by atoms with E-state index in [2.05, 4.69) is 81.4 Å². The Hall–Kier alpha value is -5.31. The topological polar surface area (TPSA) is 108 Å². The predicted octanol–water partition coefficient (Wildman–Crippen LogP) is 12.5. The Morgan fingerprint density at radius 3 is 1.51 bits per heavy atom. The quantitative estimate of drug-likeness (QED) is 0.0449. The minimum Gasteiger partial charge on any atom is -0.426 e. The van der Waals surface area contributed by atoms with Gasteiger partial charge in [-0.3, -0.25) is 14.4 Å². The zero-order chi connectivity index (χ0) is 44.0. The molecule has 0 bridgehead atoms. The van der Waals surface area contributed by atoms with Gasteiger partial charge in [-0.1, -0.05) is 127 Å².